The molecule has 0 aliphatic carbocycles. The van der Waals surface area contributed by atoms with E-state index in [1.807, 2.05) is 11.6 Å². The summed E-state index contributed by atoms with van der Waals surface area (Å²) in [5.41, 5.74) is 0.841. The van der Waals surface area contributed by atoms with Crippen molar-refractivity contribution in [3.05, 3.63) is 35.3 Å². The largest absolute Gasteiger partial charge is 0.459 e. The van der Waals surface area contributed by atoms with E-state index in [1.54, 1.807) is 13.1 Å². The van der Waals surface area contributed by atoms with E-state index in [1.165, 1.54) is 6.26 Å². The van der Waals surface area contributed by atoms with Gasteiger partial charge in [0, 0.05) is 44.1 Å². The molecule has 166 valence electrons. The number of hydrogen-bond donors (Lipinski definition) is 3. The third kappa shape index (κ3) is 6.19. The van der Waals surface area contributed by atoms with E-state index in [0.29, 0.717) is 24.8 Å². The number of carbonyl (C=O) groups is 1. The molecule has 0 radical (unpaired) electrons. The first-order chi connectivity index (χ1) is 14.0. The summed E-state index contributed by atoms with van der Waals surface area (Å²) in [6.07, 6.45) is 4.21. The second-order valence-corrected chi connectivity index (χ2v) is 7.64. The van der Waals surface area contributed by atoms with Crippen molar-refractivity contribution < 1.29 is 9.21 Å². The van der Waals surface area contributed by atoms with Crippen LogP contribution >= 0.6 is 24.0 Å². The number of carbonyl (C=O) groups excluding carboxylic acids is 1. The van der Waals surface area contributed by atoms with Crippen LogP contribution in [-0.4, -0.2) is 52.8 Å². The highest BCUT2D eigenvalue weighted by molar-refractivity contribution is 14.0. The maximum Gasteiger partial charge on any atom is 0.287 e. The van der Waals surface area contributed by atoms with Gasteiger partial charge in [0.2, 0.25) is 0 Å². The van der Waals surface area contributed by atoms with Crippen LogP contribution < -0.4 is 16.0 Å². The van der Waals surface area contributed by atoms with Crippen molar-refractivity contribution in [2.24, 2.45) is 4.99 Å². The van der Waals surface area contributed by atoms with Crippen molar-refractivity contribution in [2.75, 3.05) is 20.1 Å². The van der Waals surface area contributed by atoms with Crippen molar-refractivity contribution in [1.29, 1.82) is 0 Å². The van der Waals surface area contributed by atoms with Gasteiger partial charge in [0.15, 0.2) is 17.5 Å². The molecule has 3 N–H and O–H groups in total. The van der Waals surface area contributed by atoms with Crippen LogP contribution in [0.25, 0.3) is 0 Å². The lowest BCUT2D eigenvalue weighted by Crippen LogP contribution is -2.47. The van der Waals surface area contributed by atoms with Crippen molar-refractivity contribution in [3.63, 3.8) is 0 Å². The van der Waals surface area contributed by atoms with E-state index in [0.717, 1.165) is 49.0 Å². The molecule has 30 heavy (non-hydrogen) atoms. The minimum atomic E-state index is -0.179. The first kappa shape index (κ1) is 24.2. The summed E-state index contributed by atoms with van der Waals surface area (Å²) < 4.78 is 7.20. The average molecular weight is 529 g/mol. The van der Waals surface area contributed by atoms with Crippen LogP contribution in [-0.2, 0) is 13.0 Å². The maximum atomic E-state index is 12.0. The Bertz CT molecular complexity index is 859. The van der Waals surface area contributed by atoms with Crippen molar-refractivity contribution in [2.45, 2.75) is 58.5 Å². The summed E-state index contributed by atoms with van der Waals surface area (Å²) in [5.74, 6) is 3.27. The van der Waals surface area contributed by atoms with Crippen LogP contribution in [0.4, 0.5) is 0 Å². The predicted molar refractivity (Wildman–Crippen MR) is 127 cm³/mol. The molecule has 9 nitrogen and oxygen atoms in total. The van der Waals surface area contributed by atoms with Gasteiger partial charge in [-0.15, -0.1) is 24.0 Å². The molecule has 0 aromatic carbocycles. The standard InChI is InChI=1S/C20H31N7O2.HI/c1-13(2)18-25-16-7-6-15(12-27(16)26-18)24-20(21-4)23-10-5-9-22-19(28)17-14(3)8-11-29-17;/h8,11,13,15H,5-7,9-10,12H2,1-4H3,(H,22,28)(H2,21,23,24);1H. The Morgan fingerprint density at radius 2 is 2.13 bits per heavy atom. The molecule has 3 heterocycles. The second-order valence-electron chi connectivity index (χ2n) is 7.64. The number of aliphatic imine (C=N–C) groups is 1. The number of guanidine groups is 1. The van der Waals surface area contributed by atoms with E-state index < -0.39 is 0 Å². The molecule has 1 atom stereocenters. The van der Waals surface area contributed by atoms with Crippen LogP contribution in [0.1, 0.15) is 60.4 Å². The summed E-state index contributed by atoms with van der Waals surface area (Å²) in [4.78, 5) is 20.9. The fourth-order valence-corrected chi connectivity index (χ4v) is 3.26. The van der Waals surface area contributed by atoms with Crippen LogP contribution in [0.2, 0.25) is 0 Å². The molecule has 1 unspecified atom stereocenters. The molecular formula is C20H32IN7O2. The van der Waals surface area contributed by atoms with Crippen LogP contribution in [0.3, 0.4) is 0 Å². The minimum absolute atomic E-state index is 0. The molecule has 2 aromatic heterocycles. The monoisotopic (exact) mass is 529 g/mol. The molecule has 2 aromatic rings. The van der Waals surface area contributed by atoms with Crippen molar-refractivity contribution >= 4 is 35.8 Å². The fourth-order valence-electron chi connectivity index (χ4n) is 3.26. The number of aryl methyl sites for hydroxylation is 2. The third-order valence-electron chi connectivity index (χ3n) is 4.96. The highest BCUT2D eigenvalue weighted by atomic mass is 127. The molecule has 0 saturated heterocycles. The van der Waals surface area contributed by atoms with Crippen molar-refractivity contribution in [3.8, 4) is 0 Å². The summed E-state index contributed by atoms with van der Waals surface area (Å²) in [6.45, 7) is 8.13. The minimum Gasteiger partial charge on any atom is -0.459 e. The Morgan fingerprint density at radius 3 is 2.80 bits per heavy atom. The van der Waals surface area contributed by atoms with Crippen LogP contribution in [0, 0.1) is 6.92 Å². The Kier molecular flexibility index (Phi) is 9.12. The number of hydrogen-bond acceptors (Lipinski definition) is 5. The number of halogens is 1. The molecule has 0 saturated carbocycles. The highest BCUT2D eigenvalue weighted by Gasteiger charge is 2.23. The van der Waals surface area contributed by atoms with Gasteiger partial charge >= 0.3 is 0 Å². The Labute approximate surface area is 194 Å². The van der Waals surface area contributed by atoms with Crippen molar-refractivity contribution in [1.82, 2.24) is 30.7 Å². The summed E-state index contributed by atoms with van der Waals surface area (Å²) in [5, 5.41) is 14.3. The van der Waals surface area contributed by atoms with E-state index in [4.69, 9.17) is 4.42 Å². The first-order valence-corrected chi connectivity index (χ1v) is 10.2. The molecular weight excluding hydrogens is 497 g/mol. The van der Waals surface area contributed by atoms with Gasteiger partial charge in [-0.05, 0) is 25.8 Å². The molecule has 1 aliphatic rings. The molecule has 0 fully saturated rings. The second kappa shape index (κ2) is 11.3. The Balaban J connectivity index is 0.00000320. The number of fused-ring (bicyclic) bond motifs is 1. The van der Waals surface area contributed by atoms with Gasteiger partial charge in [-0.2, -0.15) is 5.10 Å². The molecule has 1 aliphatic heterocycles. The van der Waals surface area contributed by atoms with Gasteiger partial charge in [0.05, 0.1) is 12.8 Å². The Hall–Kier alpha value is -2.11. The number of aromatic nitrogens is 3. The zero-order chi connectivity index (χ0) is 20.8. The number of nitrogens with one attached hydrogen (secondary N) is 3. The van der Waals surface area contributed by atoms with Gasteiger partial charge in [0.1, 0.15) is 5.82 Å². The summed E-state index contributed by atoms with van der Waals surface area (Å²) in [7, 11) is 1.76. The number of nitrogens with zero attached hydrogens (tertiary/aromatic N) is 4. The lowest BCUT2D eigenvalue weighted by Gasteiger charge is -2.25. The van der Waals surface area contributed by atoms with Gasteiger partial charge in [-0.1, -0.05) is 13.8 Å². The average Bonchev–Trinajstić information content (AvgIpc) is 3.32. The smallest absolute Gasteiger partial charge is 0.287 e. The van der Waals surface area contributed by atoms with E-state index in [2.05, 4.69) is 44.9 Å². The third-order valence-corrected chi connectivity index (χ3v) is 4.96. The van der Waals surface area contributed by atoms with Gasteiger partial charge in [-0.25, -0.2) is 9.67 Å². The number of furan rings is 1. The lowest BCUT2D eigenvalue weighted by atomic mass is 10.1. The SMILES string of the molecule is CN=C(NCCCNC(=O)c1occc1C)NC1CCc2nc(C(C)C)nn2C1.I. The van der Waals surface area contributed by atoms with Crippen LogP contribution in [0.5, 0.6) is 0 Å². The van der Waals surface area contributed by atoms with E-state index in [9.17, 15) is 4.79 Å². The first-order valence-electron chi connectivity index (χ1n) is 10.2. The van der Waals surface area contributed by atoms with Gasteiger partial charge < -0.3 is 20.4 Å². The predicted octanol–water partition coefficient (Wildman–Crippen LogP) is 2.22. The number of amides is 1. The summed E-state index contributed by atoms with van der Waals surface area (Å²) >= 11 is 0. The topological polar surface area (TPSA) is 109 Å². The molecule has 10 heteroatoms. The molecule has 3 rings (SSSR count). The van der Waals surface area contributed by atoms with Gasteiger partial charge in [-0.3, -0.25) is 9.79 Å². The zero-order valence-electron chi connectivity index (χ0n) is 18.1. The lowest BCUT2D eigenvalue weighted by molar-refractivity contribution is 0.0925. The molecule has 0 spiro atoms. The normalized spacial score (nSPS) is 16.0. The van der Waals surface area contributed by atoms with Crippen LogP contribution in [0.15, 0.2) is 21.7 Å². The van der Waals surface area contributed by atoms with E-state index >= 15 is 0 Å². The summed E-state index contributed by atoms with van der Waals surface area (Å²) in [6, 6.07) is 2.04. The molecule has 1 amide bonds. The zero-order valence-corrected chi connectivity index (χ0v) is 20.4. The molecule has 0 bridgehead atoms. The fraction of sp³-hybridized carbons (Fsp3) is 0.600. The maximum absolute atomic E-state index is 12.0. The Morgan fingerprint density at radius 1 is 1.37 bits per heavy atom. The van der Waals surface area contributed by atoms with Gasteiger partial charge in [0.25, 0.3) is 5.91 Å². The highest BCUT2D eigenvalue weighted by Crippen LogP contribution is 2.16. The van der Waals surface area contributed by atoms with E-state index in [-0.39, 0.29) is 35.9 Å². The number of rotatable bonds is 7. The quantitative estimate of drug-likeness (QED) is 0.220.